The average Bonchev–Trinajstić information content (AvgIpc) is 3.60. The third kappa shape index (κ3) is 6.37. The van der Waals surface area contributed by atoms with Crippen molar-refractivity contribution < 1.29 is 33.1 Å². The maximum Gasteiger partial charge on any atom is 0.429 e. The van der Waals surface area contributed by atoms with Gasteiger partial charge < -0.3 is 20.3 Å². The molecule has 5 amide bonds. The Morgan fingerprint density at radius 3 is 2.29 bits per heavy atom. The molecule has 6 atom stereocenters. The van der Waals surface area contributed by atoms with Gasteiger partial charge >= 0.3 is 6.09 Å². The number of carbonyl (C=O) groups is 5. The molecule has 236 valence electrons. The van der Waals surface area contributed by atoms with Crippen LogP contribution < -0.4 is 16.1 Å². The minimum atomic E-state index is -1.94. The number of piperidine rings is 1. The molecule has 3 N–H and O–H groups in total. The van der Waals surface area contributed by atoms with Crippen LogP contribution in [0.3, 0.4) is 0 Å². The molecule has 0 bridgehead atoms. The first-order chi connectivity index (χ1) is 19.2. The summed E-state index contributed by atoms with van der Waals surface area (Å²) in [6.45, 7) is 16.9. The van der Waals surface area contributed by atoms with E-state index in [1.54, 1.807) is 20.8 Å². The predicted octanol–water partition coefficient (Wildman–Crippen LogP) is 2.69. The molecule has 4 rings (SSSR count). The minimum Gasteiger partial charge on any atom is -0.442 e. The normalized spacial score (nSPS) is 29.5. The average molecular weight is 594 g/mol. The highest BCUT2D eigenvalue weighted by atomic mass is 19.1. The first-order valence-corrected chi connectivity index (χ1v) is 15.1. The van der Waals surface area contributed by atoms with Crippen molar-refractivity contribution in [1.29, 1.82) is 0 Å². The van der Waals surface area contributed by atoms with Gasteiger partial charge in [-0.3, -0.25) is 24.6 Å². The van der Waals surface area contributed by atoms with E-state index in [9.17, 15) is 28.4 Å². The number of alkyl halides is 1. The maximum atomic E-state index is 14.5. The molecule has 0 aromatic carbocycles. The minimum absolute atomic E-state index is 0.0535. The second-order valence-corrected chi connectivity index (χ2v) is 15.0. The Morgan fingerprint density at radius 1 is 1.17 bits per heavy atom. The predicted molar refractivity (Wildman–Crippen MR) is 152 cm³/mol. The molecular weight excluding hydrogens is 545 g/mol. The number of ether oxygens (including phenoxy) is 1. The molecule has 11 nitrogen and oxygen atoms in total. The van der Waals surface area contributed by atoms with E-state index >= 15 is 0 Å². The molecule has 0 unspecified atom stereocenters. The van der Waals surface area contributed by atoms with Gasteiger partial charge in [-0.1, -0.05) is 34.1 Å². The second kappa shape index (κ2) is 10.7. The fourth-order valence-corrected chi connectivity index (χ4v) is 6.53. The van der Waals surface area contributed by atoms with Crippen LogP contribution in [0.4, 0.5) is 9.18 Å². The number of hydrogen-bond acceptors (Lipinski definition) is 6. The molecule has 2 heterocycles. The number of amides is 5. The lowest BCUT2D eigenvalue weighted by Gasteiger charge is -2.36. The van der Waals surface area contributed by atoms with Gasteiger partial charge in [0, 0.05) is 12.1 Å². The zero-order valence-corrected chi connectivity index (χ0v) is 26.4. The number of fused-ring (bicyclic) bond motifs is 1. The highest BCUT2D eigenvalue weighted by molar-refractivity contribution is 5.96. The number of rotatable bonds is 8. The van der Waals surface area contributed by atoms with Crippen molar-refractivity contribution in [3.05, 3.63) is 0 Å². The molecule has 4 aliphatic rings. The van der Waals surface area contributed by atoms with Crippen molar-refractivity contribution >= 4 is 29.7 Å². The highest BCUT2D eigenvalue weighted by Crippen LogP contribution is 2.65. The molecule has 2 aliphatic heterocycles. The van der Waals surface area contributed by atoms with Crippen molar-refractivity contribution in [3.63, 3.8) is 0 Å². The van der Waals surface area contributed by atoms with E-state index in [2.05, 4.69) is 16.1 Å². The summed E-state index contributed by atoms with van der Waals surface area (Å²) in [5.74, 6) is -3.00. The number of halogens is 1. The van der Waals surface area contributed by atoms with Gasteiger partial charge in [-0.25, -0.2) is 14.2 Å². The van der Waals surface area contributed by atoms with E-state index in [0.29, 0.717) is 19.4 Å². The van der Waals surface area contributed by atoms with Gasteiger partial charge in [-0.05, 0) is 77.0 Å². The first-order valence-electron chi connectivity index (χ1n) is 15.1. The Morgan fingerprint density at radius 2 is 1.79 bits per heavy atom. The number of likely N-dealkylation sites (tertiary alicyclic amines) is 1. The zero-order valence-electron chi connectivity index (χ0n) is 26.4. The molecule has 42 heavy (non-hydrogen) atoms. The molecule has 12 heteroatoms. The molecule has 2 aliphatic carbocycles. The highest BCUT2D eigenvalue weighted by Gasteiger charge is 2.70. The summed E-state index contributed by atoms with van der Waals surface area (Å²) in [7, 11) is 0. The van der Waals surface area contributed by atoms with E-state index in [1.807, 2.05) is 41.5 Å². The Labute approximate surface area is 248 Å². The SMILES string of the molecule is CC[C@H](C)[C@H](NC(=O)C1(F)CC1)C(=O)N1C[C@H]2[C@@H]([C@H]1C(=O)NN(C[C@H]1CC(C)(C)NC1=O)C(=O)OC(C)(C)C)C2(C)C. The fraction of sp³-hybridized carbons (Fsp3) is 0.833. The van der Waals surface area contributed by atoms with Crippen LogP contribution in [0.25, 0.3) is 0 Å². The van der Waals surface area contributed by atoms with E-state index < -0.39 is 58.6 Å². The third-order valence-electron chi connectivity index (χ3n) is 9.47. The van der Waals surface area contributed by atoms with Crippen LogP contribution >= 0.6 is 0 Å². The van der Waals surface area contributed by atoms with Gasteiger partial charge in [0.15, 0.2) is 5.67 Å². The van der Waals surface area contributed by atoms with Crippen molar-refractivity contribution in [1.82, 2.24) is 26.0 Å². The van der Waals surface area contributed by atoms with E-state index in [4.69, 9.17) is 4.74 Å². The second-order valence-electron chi connectivity index (χ2n) is 15.0. The van der Waals surface area contributed by atoms with Crippen molar-refractivity contribution in [2.24, 2.45) is 29.1 Å². The van der Waals surface area contributed by atoms with Crippen LogP contribution in [0.15, 0.2) is 0 Å². The van der Waals surface area contributed by atoms with Crippen LogP contribution in [0.1, 0.15) is 88.0 Å². The summed E-state index contributed by atoms with van der Waals surface area (Å²) >= 11 is 0. The first kappa shape index (κ1) is 32.0. The van der Waals surface area contributed by atoms with Gasteiger partial charge in [0.1, 0.15) is 17.7 Å². The van der Waals surface area contributed by atoms with Crippen LogP contribution in [-0.2, 0) is 23.9 Å². The fourth-order valence-electron chi connectivity index (χ4n) is 6.53. The molecule has 0 aromatic rings. The number of nitrogens with zero attached hydrogens (tertiary/aromatic N) is 2. The Bertz CT molecular complexity index is 1150. The van der Waals surface area contributed by atoms with E-state index in [1.165, 1.54) is 4.90 Å². The van der Waals surface area contributed by atoms with Crippen LogP contribution in [0.2, 0.25) is 0 Å². The summed E-state index contributed by atoms with van der Waals surface area (Å²) < 4.78 is 20.1. The molecule has 4 fully saturated rings. The molecule has 2 saturated heterocycles. The van der Waals surface area contributed by atoms with Gasteiger partial charge in [0.05, 0.1) is 12.5 Å². The van der Waals surface area contributed by atoms with Gasteiger partial charge in [0.25, 0.3) is 11.8 Å². The van der Waals surface area contributed by atoms with Crippen molar-refractivity contribution in [2.45, 2.75) is 117 Å². The molecule has 0 spiro atoms. The lowest BCUT2D eigenvalue weighted by atomic mass is 9.95. The smallest absolute Gasteiger partial charge is 0.429 e. The van der Waals surface area contributed by atoms with E-state index in [-0.39, 0.29) is 48.5 Å². The Balaban J connectivity index is 1.57. The molecule has 0 radical (unpaired) electrons. The van der Waals surface area contributed by atoms with Crippen molar-refractivity contribution in [2.75, 3.05) is 13.1 Å². The molecule has 0 aromatic heterocycles. The summed E-state index contributed by atoms with van der Waals surface area (Å²) in [6.07, 6.45) is 0.469. The summed E-state index contributed by atoms with van der Waals surface area (Å²) in [4.78, 5) is 68.0. The van der Waals surface area contributed by atoms with Gasteiger partial charge in [0.2, 0.25) is 11.8 Å². The lowest BCUT2D eigenvalue weighted by Crippen LogP contribution is -2.60. The van der Waals surface area contributed by atoms with E-state index in [0.717, 1.165) is 5.01 Å². The van der Waals surface area contributed by atoms with Crippen LogP contribution in [-0.4, -0.2) is 81.6 Å². The molecule has 2 saturated carbocycles. The lowest BCUT2D eigenvalue weighted by molar-refractivity contribution is -0.146. The molecular formula is C30H48FN5O6. The van der Waals surface area contributed by atoms with Gasteiger partial charge in [-0.2, -0.15) is 0 Å². The largest absolute Gasteiger partial charge is 0.442 e. The summed E-state index contributed by atoms with van der Waals surface area (Å²) in [6, 6.07) is -1.90. The van der Waals surface area contributed by atoms with Gasteiger partial charge in [-0.15, -0.1) is 0 Å². The quantitative estimate of drug-likeness (QED) is 0.370. The maximum absolute atomic E-state index is 14.5. The topological polar surface area (TPSA) is 137 Å². The third-order valence-corrected chi connectivity index (χ3v) is 9.47. The Kier molecular flexibility index (Phi) is 8.12. The van der Waals surface area contributed by atoms with Crippen LogP contribution in [0, 0.1) is 29.1 Å². The number of carbonyl (C=O) groups excluding carboxylic acids is 5. The number of hydrazine groups is 1. The standard InChI is InChI=1S/C30H48FN5O6/c1-10-16(2)20(32-25(40)30(31)11-12-30)24(39)35-15-18-19(29(18,8)9)21(35)23(38)34-36(26(41)42-27(3,4)5)14-17-13-28(6,7)33-22(17)37/h16-21H,10-15H2,1-9H3,(H,32,40)(H,33,37)(H,34,38)/t16-,17+,18-,19-,20-,21-/m0/s1. The number of nitrogens with one attached hydrogen (secondary N) is 3. The number of hydrogen-bond donors (Lipinski definition) is 3. The Hall–Kier alpha value is -2.92. The monoisotopic (exact) mass is 593 g/mol. The zero-order chi connectivity index (χ0) is 31.6. The summed E-state index contributed by atoms with van der Waals surface area (Å²) in [5, 5.41) is 6.58. The van der Waals surface area contributed by atoms with Crippen molar-refractivity contribution in [3.8, 4) is 0 Å². The van der Waals surface area contributed by atoms with Crippen LogP contribution in [0.5, 0.6) is 0 Å². The summed E-state index contributed by atoms with van der Waals surface area (Å²) in [5.41, 5.74) is -0.770.